The van der Waals surface area contributed by atoms with Crippen LogP contribution in [0.5, 0.6) is 0 Å². The Morgan fingerprint density at radius 3 is 2.89 bits per heavy atom. The highest BCUT2D eigenvalue weighted by molar-refractivity contribution is 5.22. The zero-order valence-electron chi connectivity index (χ0n) is 12.7. The van der Waals surface area contributed by atoms with Crippen LogP contribution in [0.1, 0.15) is 31.4 Å². The van der Waals surface area contributed by atoms with E-state index in [9.17, 15) is 0 Å². The third-order valence-electron chi connectivity index (χ3n) is 4.25. The Labute approximate surface area is 118 Å². The molecule has 1 aromatic carbocycles. The smallest absolute Gasteiger partial charge is 0.0117 e. The molecule has 19 heavy (non-hydrogen) atoms. The van der Waals surface area contributed by atoms with Crippen molar-refractivity contribution in [3.05, 3.63) is 35.4 Å². The molecule has 0 spiro atoms. The standard InChI is InChI=1S/C17H28N2/c1-4-18-17-9-11-19(13-15(17)3)10-8-16-7-5-6-14(2)12-16/h5-7,12,15,17-18H,4,8-11,13H2,1-3H3. The lowest BCUT2D eigenvalue weighted by atomic mass is 9.93. The summed E-state index contributed by atoms with van der Waals surface area (Å²) >= 11 is 0. The maximum atomic E-state index is 3.61. The first kappa shape index (κ1) is 14.5. The van der Waals surface area contributed by atoms with Gasteiger partial charge in [-0.15, -0.1) is 0 Å². The lowest BCUT2D eigenvalue weighted by Crippen LogP contribution is -2.48. The molecule has 1 N–H and O–H groups in total. The van der Waals surface area contributed by atoms with Crippen molar-refractivity contribution in [1.29, 1.82) is 0 Å². The molecule has 0 amide bonds. The number of nitrogens with one attached hydrogen (secondary N) is 1. The molecule has 2 rings (SSSR count). The second-order valence-corrected chi connectivity index (χ2v) is 5.97. The molecule has 2 heteroatoms. The fourth-order valence-electron chi connectivity index (χ4n) is 3.16. The van der Waals surface area contributed by atoms with Gasteiger partial charge in [0, 0.05) is 19.1 Å². The first-order chi connectivity index (χ1) is 9.19. The quantitative estimate of drug-likeness (QED) is 0.876. The summed E-state index contributed by atoms with van der Waals surface area (Å²) in [5, 5.41) is 3.61. The number of piperidine rings is 1. The first-order valence-electron chi connectivity index (χ1n) is 7.70. The summed E-state index contributed by atoms with van der Waals surface area (Å²) in [7, 11) is 0. The predicted octanol–water partition coefficient (Wildman–Crippen LogP) is 2.86. The van der Waals surface area contributed by atoms with Gasteiger partial charge in [-0.3, -0.25) is 0 Å². The SMILES string of the molecule is CCNC1CCN(CCc2cccc(C)c2)CC1C. The fourth-order valence-corrected chi connectivity index (χ4v) is 3.16. The van der Waals surface area contributed by atoms with Crippen LogP contribution in [-0.4, -0.2) is 37.1 Å². The zero-order chi connectivity index (χ0) is 13.7. The normalized spacial score (nSPS) is 24.6. The van der Waals surface area contributed by atoms with Crippen molar-refractivity contribution in [2.45, 2.75) is 39.7 Å². The molecule has 2 nitrogen and oxygen atoms in total. The molecule has 106 valence electrons. The van der Waals surface area contributed by atoms with Crippen LogP contribution < -0.4 is 5.32 Å². The van der Waals surface area contributed by atoms with E-state index in [-0.39, 0.29) is 0 Å². The number of rotatable bonds is 5. The third kappa shape index (κ3) is 4.32. The van der Waals surface area contributed by atoms with Crippen LogP contribution in [-0.2, 0) is 6.42 Å². The van der Waals surface area contributed by atoms with Crippen molar-refractivity contribution in [3.8, 4) is 0 Å². The highest BCUT2D eigenvalue weighted by atomic mass is 15.1. The van der Waals surface area contributed by atoms with E-state index < -0.39 is 0 Å². The van der Waals surface area contributed by atoms with Gasteiger partial charge in [0.2, 0.25) is 0 Å². The van der Waals surface area contributed by atoms with E-state index in [2.05, 4.69) is 55.3 Å². The predicted molar refractivity (Wildman–Crippen MR) is 82.6 cm³/mol. The molecule has 0 radical (unpaired) electrons. The summed E-state index contributed by atoms with van der Waals surface area (Å²) in [5.74, 6) is 0.770. The second kappa shape index (κ2) is 7.06. The first-order valence-corrected chi connectivity index (χ1v) is 7.70. The van der Waals surface area contributed by atoms with Gasteiger partial charge in [0.1, 0.15) is 0 Å². The highest BCUT2D eigenvalue weighted by Gasteiger charge is 2.24. The minimum atomic E-state index is 0.722. The van der Waals surface area contributed by atoms with Crippen molar-refractivity contribution in [3.63, 3.8) is 0 Å². The minimum absolute atomic E-state index is 0.722. The van der Waals surface area contributed by atoms with Crippen LogP contribution >= 0.6 is 0 Å². The summed E-state index contributed by atoms with van der Waals surface area (Å²) in [6, 6.07) is 9.63. The number of hydrogen-bond donors (Lipinski definition) is 1. The summed E-state index contributed by atoms with van der Waals surface area (Å²) in [4.78, 5) is 2.63. The molecule has 0 aliphatic carbocycles. The third-order valence-corrected chi connectivity index (χ3v) is 4.25. The molecule has 1 saturated heterocycles. The van der Waals surface area contributed by atoms with E-state index >= 15 is 0 Å². The largest absolute Gasteiger partial charge is 0.314 e. The summed E-state index contributed by atoms with van der Waals surface area (Å²) in [5.41, 5.74) is 2.85. The highest BCUT2D eigenvalue weighted by Crippen LogP contribution is 2.17. The fraction of sp³-hybridized carbons (Fsp3) is 0.647. The van der Waals surface area contributed by atoms with Gasteiger partial charge >= 0.3 is 0 Å². The van der Waals surface area contributed by atoms with E-state index in [1.165, 1.54) is 43.6 Å². The summed E-state index contributed by atoms with van der Waals surface area (Å²) < 4.78 is 0. The lowest BCUT2D eigenvalue weighted by molar-refractivity contribution is 0.150. The molecule has 1 fully saturated rings. The molecule has 1 aromatic rings. The summed E-state index contributed by atoms with van der Waals surface area (Å²) in [6.07, 6.45) is 2.48. The molecule has 2 atom stereocenters. The number of aryl methyl sites for hydroxylation is 1. The van der Waals surface area contributed by atoms with E-state index in [0.29, 0.717) is 0 Å². The Bertz CT molecular complexity index is 389. The Balaban J connectivity index is 1.79. The van der Waals surface area contributed by atoms with Crippen LogP contribution in [0.15, 0.2) is 24.3 Å². The molecule has 1 aliphatic heterocycles. The lowest BCUT2D eigenvalue weighted by Gasteiger charge is -2.37. The number of hydrogen-bond acceptors (Lipinski definition) is 2. The van der Waals surface area contributed by atoms with E-state index in [1.54, 1.807) is 0 Å². The van der Waals surface area contributed by atoms with Gasteiger partial charge in [-0.25, -0.2) is 0 Å². The molecular weight excluding hydrogens is 232 g/mol. The van der Waals surface area contributed by atoms with Crippen LogP contribution in [0.4, 0.5) is 0 Å². The zero-order valence-corrected chi connectivity index (χ0v) is 12.7. The van der Waals surface area contributed by atoms with Crippen LogP contribution in [0.2, 0.25) is 0 Å². The minimum Gasteiger partial charge on any atom is -0.314 e. The molecule has 0 aromatic heterocycles. The summed E-state index contributed by atoms with van der Waals surface area (Å²) in [6.45, 7) is 11.5. The monoisotopic (exact) mass is 260 g/mol. The number of nitrogens with zero attached hydrogens (tertiary/aromatic N) is 1. The number of likely N-dealkylation sites (tertiary alicyclic amines) is 1. The van der Waals surface area contributed by atoms with Crippen molar-refractivity contribution in [2.75, 3.05) is 26.2 Å². The maximum absolute atomic E-state index is 3.61. The van der Waals surface area contributed by atoms with Gasteiger partial charge in [0.15, 0.2) is 0 Å². The Morgan fingerprint density at radius 2 is 2.21 bits per heavy atom. The van der Waals surface area contributed by atoms with Crippen molar-refractivity contribution < 1.29 is 0 Å². The van der Waals surface area contributed by atoms with Crippen LogP contribution in [0.25, 0.3) is 0 Å². The molecule has 0 saturated carbocycles. The van der Waals surface area contributed by atoms with Gasteiger partial charge in [-0.2, -0.15) is 0 Å². The molecule has 1 aliphatic rings. The average molecular weight is 260 g/mol. The van der Waals surface area contributed by atoms with Crippen LogP contribution in [0.3, 0.4) is 0 Å². The molecule has 2 unspecified atom stereocenters. The van der Waals surface area contributed by atoms with E-state index in [1.807, 2.05) is 0 Å². The Hall–Kier alpha value is -0.860. The van der Waals surface area contributed by atoms with Gasteiger partial charge in [0.25, 0.3) is 0 Å². The number of benzene rings is 1. The Morgan fingerprint density at radius 1 is 1.37 bits per heavy atom. The van der Waals surface area contributed by atoms with Crippen molar-refractivity contribution >= 4 is 0 Å². The van der Waals surface area contributed by atoms with Crippen LogP contribution in [0, 0.1) is 12.8 Å². The van der Waals surface area contributed by atoms with Gasteiger partial charge < -0.3 is 10.2 Å². The topological polar surface area (TPSA) is 15.3 Å². The molecule has 1 heterocycles. The Kier molecular flexibility index (Phi) is 5.41. The van der Waals surface area contributed by atoms with Gasteiger partial charge in [0.05, 0.1) is 0 Å². The van der Waals surface area contributed by atoms with Crippen molar-refractivity contribution in [1.82, 2.24) is 10.2 Å². The second-order valence-electron chi connectivity index (χ2n) is 5.97. The van der Waals surface area contributed by atoms with Crippen molar-refractivity contribution in [2.24, 2.45) is 5.92 Å². The maximum Gasteiger partial charge on any atom is 0.0117 e. The molecule has 0 bridgehead atoms. The van der Waals surface area contributed by atoms with E-state index in [4.69, 9.17) is 0 Å². The van der Waals surface area contributed by atoms with E-state index in [0.717, 1.165) is 18.5 Å². The molecular formula is C17H28N2. The average Bonchev–Trinajstić information content (AvgIpc) is 2.39. The van der Waals surface area contributed by atoms with Gasteiger partial charge in [-0.05, 0) is 44.3 Å². The van der Waals surface area contributed by atoms with Gasteiger partial charge in [-0.1, -0.05) is 43.7 Å².